The summed E-state index contributed by atoms with van der Waals surface area (Å²) in [6.07, 6.45) is 1.57. The molecule has 8 nitrogen and oxygen atoms in total. The molecule has 1 fully saturated rings. The highest BCUT2D eigenvalue weighted by atomic mass is 16.5. The number of furan rings is 1. The van der Waals surface area contributed by atoms with Gasteiger partial charge in [0.1, 0.15) is 11.5 Å². The summed E-state index contributed by atoms with van der Waals surface area (Å²) in [6.45, 7) is 5.73. The summed E-state index contributed by atoms with van der Waals surface area (Å²) < 4.78 is 13.0. The van der Waals surface area contributed by atoms with E-state index in [1.54, 1.807) is 10.7 Å². The molecule has 1 N–H and O–H groups in total. The molecule has 1 atom stereocenters. The summed E-state index contributed by atoms with van der Waals surface area (Å²) >= 11 is 0. The second-order valence-electron chi connectivity index (χ2n) is 7.42. The van der Waals surface area contributed by atoms with Gasteiger partial charge in [-0.2, -0.15) is 5.10 Å². The van der Waals surface area contributed by atoms with E-state index in [1.807, 2.05) is 37.3 Å². The lowest BCUT2D eigenvalue weighted by atomic mass is 10.1. The number of para-hydroxylation sites is 1. The van der Waals surface area contributed by atoms with Gasteiger partial charge in [-0.1, -0.05) is 12.1 Å². The van der Waals surface area contributed by atoms with Crippen LogP contribution in [0.15, 0.2) is 51.8 Å². The van der Waals surface area contributed by atoms with E-state index in [4.69, 9.17) is 9.15 Å². The smallest absolute Gasteiger partial charge is 0.221 e. The van der Waals surface area contributed by atoms with Crippen LogP contribution in [-0.4, -0.2) is 53.4 Å². The molecule has 3 heterocycles. The third kappa shape index (κ3) is 4.60. The SMILES string of the molecule is Cc1ccc(C(CNC(=O)CCn2ncc(=O)c3ccccc32)N2CCOCC2)o1. The van der Waals surface area contributed by atoms with Gasteiger partial charge in [-0.3, -0.25) is 19.2 Å². The number of ether oxygens (including phenoxy) is 1. The summed E-state index contributed by atoms with van der Waals surface area (Å²) in [5.74, 6) is 1.63. The van der Waals surface area contributed by atoms with Gasteiger partial charge in [0.05, 0.1) is 37.5 Å². The number of nitrogens with one attached hydrogen (secondary N) is 1. The average molecular weight is 410 g/mol. The first-order chi connectivity index (χ1) is 14.6. The molecule has 3 aromatic rings. The van der Waals surface area contributed by atoms with Crippen LogP contribution in [-0.2, 0) is 16.1 Å². The summed E-state index contributed by atoms with van der Waals surface area (Å²) in [4.78, 5) is 26.8. The number of rotatable bonds is 7. The standard InChI is InChI=1S/C22H26N4O4/c1-16-6-7-21(30-16)19(25-10-12-29-13-11-25)14-23-22(28)8-9-26-18-5-3-2-4-17(18)20(27)15-24-26/h2-7,15,19H,8-14H2,1H3,(H,23,28). The van der Waals surface area contributed by atoms with Gasteiger partial charge in [0.2, 0.25) is 11.3 Å². The molecule has 158 valence electrons. The summed E-state index contributed by atoms with van der Waals surface area (Å²) in [6, 6.07) is 11.2. The highest BCUT2D eigenvalue weighted by molar-refractivity contribution is 5.79. The molecule has 1 aromatic carbocycles. The molecule has 1 unspecified atom stereocenters. The molecule has 4 rings (SSSR count). The van der Waals surface area contributed by atoms with Crippen LogP contribution in [0.1, 0.15) is 24.0 Å². The molecule has 30 heavy (non-hydrogen) atoms. The zero-order valence-corrected chi connectivity index (χ0v) is 17.0. The molecule has 0 aliphatic carbocycles. The first kappa shape index (κ1) is 20.3. The molecule has 1 amide bonds. The van der Waals surface area contributed by atoms with Crippen molar-refractivity contribution in [3.8, 4) is 0 Å². The zero-order valence-electron chi connectivity index (χ0n) is 17.0. The normalized spacial score (nSPS) is 15.9. The van der Waals surface area contributed by atoms with Gasteiger partial charge in [0, 0.05) is 31.4 Å². The Bertz CT molecular complexity index is 1070. The van der Waals surface area contributed by atoms with E-state index >= 15 is 0 Å². The van der Waals surface area contributed by atoms with Crippen LogP contribution in [0.3, 0.4) is 0 Å². The fourth-order valence-corrected chi connectivity index (χ4v) is 3.78. The molecule has 0 radical (unpaired) electrons. The zero-order chi connectivity index (χ0) is 20.9. The maximum Gasteiger partial charge on any atom is 0.221 e. The van der Waals surface area contributed by atoms with Crippen LogP contribution in [0.25, 0.3) is 10.9 Å². The maximum atomic E-state index is 12.6. The van der Waals surface area contributed by atoms with Crippen molar-refractivity contribution in [3.63, 3.8) is 0 Å². The summed E-state index contributed by atoms with van der Waals surface area (Å²) in [5, 5.41) is 7.82. The third-order valence-corrected chi connectivity index (χ3v) is 5.38. The molecule has 1 aliphatic rings. The number of carbonyl (C=O) groups is 1. The predicted octanol–water partition coefficient (Wildman–Crippen LogP) is 1.88. The van der Waals surface area contributed by atoms with Crippen LogP contribution >= 0.6 is 0 Å². The van der Waals surface area contributed by atoms with Crippen molar-refractivity contribution in [2.45, 2.75) is 25.9 Å². The number of nitrogens with zero attached hydrogens (tertiary/aromatic N) is 3. The molecule has 1 saturated heterocycles. The number of aryl methyl sites for hydroxylation is 2. The van der Waals surface area contributed by atoms with Crippen LogP contribution in [0.2, 0.25) is 0 Å². The minimum atomic E-state index is -0.117. The van der Waals surface area contributed by atoms with Gasteiger partial charge >= 0.3 is 0 Å². The van der Waals surface area contributed by atoms with Crippen LogP contribution in [0, 0.1) is 6.92 Å². The summed E-state index contributed by atoms with van der Waals surface area (Å²) in [7, 11) is 0. The second-order valence-corrected chi connectivity index (χ2v) is 7.42. The lowest BCUT2D eigenvalue weighted by Crippen LogP contribution is -2.43. The van der Waals surface area contributed by atoms with Crippen molar-refractivity contribution < 1.29 is 13.9 Å². The number of hydrogen-bond donors (Lipinski definition) is 1. The minimum Gasteiger partial charge on any atom is -0.465 e. The Labute approximate surface area is 174 Å². The van der Waals surface area contributed by atoms with Crippen molar-refractivity contribution in [2.24, 2.45) is 0 Å². The number of aromatic nitrogens is 2. The largest absolute Gasteiger partial charge is 0.465 e. The highest BCUT2D eigenvalue weighted by Gasteiger charge is 2.25. The lowest BCUT2D eigenvalue weighted by Gasteiger charge is -2.33. The van der Waals surface area contributed by atoms with Gasteiger partial charge < -0.3 is 14.5 Å². The van der Waals surface area contributed by atoms with Crippen molar-refractivity contribution >= 4 is 16.8 Å². The Morgan fingerprint density at radius 3 is 2.77 bits per heavy atom. The number of morpholine rings is 1. The Morgan fingerprint density at radius 1 is 1.20 bits per heavy atom. The van der Waals surface area contributed by atoms with E-state index in [0.29, 0.717) is 31.7 Å². The van der Waals surface area contributed by atoms with E-state index in [2.05, 4.69) is 15.3 Å². The van der Waals surface area contributed by atoms with Crippen molar-refractivity contribution in [2.75, 3.05) is 32.8 Å². The fraction of sp³-hybridized carbons (Fsp3) is 0.409. The Morgan fingerprint density at radius 2 is 2.00 bits per heavy atom. The molecular weight excluding hydrogens is 384 g/mol. The van der Waals surface area contributed by atoms with Gasteiger partial charge in [0.15, 0.2) is 0 Å². The fourth-order valence-electron chi connectivity index (χ4n) is 3.78. The predicted molar refractivity (Wildman–Crippen MR) is 112 cm³/mol. The van der Waals surface area contributed by atoms with E-state index in [0.717, 1.165) is 30.1 Å². The highest BCUT2D eigenvalue weighted by Crippen LogP contribution is 2.23. The van der Waals surface area contributed by atoms with Gasteiger partial charge in [-0.15, -0.1) is 0 Å². The van der Waals surface area contributed by atoms with Gasteiger partial charge in [-0.25, -0.2) is 0 Å². The third-order valence-electron chi connectivity index (χ3n) is 5.38. The van der Waals surface area contributed by atoms with Gasteiger partial charge in [0.25, 0.3) is 0 Å². The van der Waals surface area contributed by atoms with E-state index in [-0.39, 0.29) is 23.8 Å². The maximum absolute atomic E-state index is 12.6. The number of amides is 1. The Kier molecular flexibility index (Phi) is 6.25. The Hall–Kier alpha value is -2.97. The van der Waals surface area contributed by atoms with Crippen LogP contribution < -0.4 is 10.7 Å². The summed E-state index contributed by atoms with van der Waals surface area (Å²) in [5.41, 5.74) is 0.614. The molecule has 2 aromatic heterocycles. The second kappa shape index (κ2) is 9.23. The lowest BCUT2D eigenvalue weighted by molar-refractivity contribution is -0.121. The molecule has 1 aliphatic heterocycles. The molecule has 8 heteroatoms. The van der Waals surface area contributed by atoms with E-state index in [1.165, 1.54) is 6.20 Å². The molecular formula is C22H26N4O4. The number of hydrogen-bond acceptors (Lipinski definition) is 6. The van der Waals surface area contributed by atoms with Crippen molar-refractivity contribution in [1.29, 1.82) is 0 Å². The van der Waals surface area contributed by atoms with Crippen LogP contribution in [0.5, 0.6) is 0 Å². The number of benzene rings is 1. The minimum absolute atomic E-state index is 0.0297. The number of fused-ring (bicyclic) bond motifs is 1. The molecule has 0 spiro atoms. The van der Waals surface area contributed by atoms with Crippen LogP contribution in [0.4, 0.5) is 0 Å². The quantitative estimate of drug-likeness (QED) is 0.640. The number of carbonyl (C=O) groups excluding carboxylic acids is 1. The molecule has 0 saturated carbocycles. The monoisotopic (exact) mass is 410 g/mol. The van der Waals surface area contributed by atoms with Crippen molar-refractivity contribution in [1.82, 2.24) is 20.0 Å². The average Bonchev–Trinajstić information content (AvgIpc) is 3.20. The van der Waals surface area contributed by atoms with Crippen molar-refractivity contribution in [3.05, 3.63) is 64.3 Å². The first-order valence-corrected chi connectivity index (χ1v) is 10.2. The Balaban J connectivity index is 1.39. The topological polar surface area (TPSA) is 89.6 Å². The van der Waals surface area contributed by atoms with Gasteiger partial charge in [-0.05, 0) is 31.2 Å². The van der Waals surface area contributed by atoms with E-state index in [9.17, 15) is 9.59 Å². The van der Waals surface area contributed by atoms with E-state index < -0.39 is 0 Å². The molecule has 0 bridgehead atoms. The first-order valence-electron chi connectivity index (χ1n) is 10.2.